The molecule has 1 saturated carbocycles. The van der Waals surface area contributed by atoms with Crippen LogP contribution in [0.3, 0.4) is 0 Å². The third-order valence-electron chi connectivity index (χ3n) is 4.10. The van der Waals surface area contributed by atoms with E-state index in [1.165, 1.54) is 50.6 Å². The van der Waals surface area contributed by atoms with E-state index in [1.54, 1.807) is 0 Å². The summed E-state index contributed by atoms with van der Waals surface area (Å²) in [4.78, 5) is 0. The Morgan fingerprint density at radius 1 is 1.19 bits per heavy atom. The highest BCUT2D eigenvalue weighted by molar-refractivity contribution is 5.14. The van der Waals surface area contributed by atoms with Crippen molar-refractivity contribution in [1.29, 1.82) is 0 Å². The zero-order valence-corrected chi connectivity index (χ0v) is 9.86. The molecule has 0 spiro atoms. The van der Waals surface area contributed by atoms with Gasteiger partial charge in [0.15, 0.2) is 0 Å². The smallest absolute Gasteiger partial charge is 0.0525 e. The molecule has 1 unspecified atom stereocenters. The van der Waals surface area contributed by atoms with Crippen molar-refractivity contribution in [2.75, 3.05) is 13.1 Å². The Bertz CT molecular complexity index is 333. The maximum absolute atomic E-state index is 4.57. The molecule has 1 aromatic rings. The molecule has 1 aromatic heterocycles. The summed E-state index contributed by atoms with van der Waals surface area (Å²) in [6, 6.07) is 0.678. The van der Waals surface area contributed by atoms with Gasteiger partial charge in [-0.15, -0.1) is 0 Å². The lowest BCUT2D eigenvalue weighted by Crippen LogP contribution is -2.13. The van der Waals surface area contributed by atoms with Crippen LogP contribution >= 0.6 is 0 Å². The summed E-state index contributed by atoms with van der Waals surface area (Å²) in [5, 5.41) is 8.00. The molecular weight excluding hydrogens is 198 g/mol. The largest absolute Gasteiger partial charge is 0.316 e. The van der Waals surface area contributed by atoms with Crippen LogP contribution in [0.1, 0.15) is 56.0 Å². The molecule has 0 amide bonds. The van der Waals surface area contributed by atoms with Crippen LogP contribution in [-0.4, -0.2) is 22.9 Å². The number of rotatable bonds is 2. The number of aromatic nitrogens is 2. The summed E-state index contributed by atoms with van der Waals surface area (Å²) < 4.78 is 2.23. The van der Waals surface area contributed by atoms with E-state index in [0.29, 0.717) is 12.0 Å². The van der Waals surface area contributed by atoms with Crippen molar-refractivity contribution in [3.63, 3.8) is 0 Å². The van der Waals surface area contributed by atoms with Crippen LogP contribution in [0.5, 0.6) is 0 Å². The number of hydrogen-bond acceptors (Lipinski definition) is 2. The van der Waals surface area contributed by atoms with E-state index in [1.807, 2.05) is 0 Å². The molecule has 1 saturated heterocycles. The van der Waals surface area contributed by atoms with Gasteiger partial charge in [-0.3, -0.25) is 4.68 Å². The fraction of sp³-hybridized carbons (Fsp3) is 0.769. The molecule has 3 nitrogen and oxygen atoms in total. The molecule has 2 aliphatic rings. The Morgan fingerprint density at radius 2 is 2.06 bits per heavy atom. The molecule has 16 heavy (non-hydrogen) atoms. The van der Waals surface area contributed by atoms with Crippen LogP contribution < -0.4 is 5.32 Å². The molecule has 2 fully saturated rings. The van der Waals surface area contributed by atoms with Gasteiger partial charge in [0.25, 0.3) is 0 Å². The first-order chi connectivity index (χ1) is 7.93. The Kier molecular flexibility index (Phi) is 2.96. The predicted octanol–water partition coefficient (Wildman–Crippen LogP) is 2.47. The molecule has 1 atom stereocenters. The van der Waals surface area contributed by atoms with Gasteiger partial charge in [-0.1, -0.05) is 19.3 Å². The zero-order valence-electron chi connectivity index (χ0n) is 9.86. The maximum Gasteiger partial charge on any atom is 0.0525 e. The van der Waals surface area contributed by atoms with Gasteiger partial charge in [0.2, 0.25) is 0 Å². The minimum absolute atomic E-state index is 0.678. The lowest BCUT2D eigenvalue weighted by molar-refractivity contribution is 0.329. The minimum Gasteiger partial charge on any atom is -0.316 e. The van der Waals surface area contributed by atoms with E-state index in [9.17, 15) is 0 Å². The molecule has 1 aliphatic heterocycles. The average Bonchev–Trinajstić information content (AvgIpc) is 3.01. The van der Waals surface area contributed by atoms with Crippen LogP contribution in [0.4, 0.5) is 0 Å². The summed E-state index contributed by atoms with van der Waals surface area (Å²) in [5.74, 6) is 0.706. The molecular formula is C13H21N3. The van der Waals surface area contributed by atoms with Crippen LogP contribution in [0.25, 0.3) is 0 Å². The summed E-state index contributed by atoms with van der Waals surface area (Å²) in [7, 11) is 0. The minimum atomic E-state index is 0.678. The first-order valence-corrected chi connectivity index (χ1v) is 6.68. The van der Waals surface area contributed by atoms with E-state index in [2.05, 4.69) is 27.5 Å². The first kappa shape index (κ1) is 10.3. The highest BCUT2D eigenvalue weighted by atomic mass is 15.3. The number of nitrogens with zero attached hydrogens (tertiary/aromatic N) is 2. The molecule has 0 aromatic carbocycles. The van der Waals surface area contributed by atoms with Crippen molar-refractivity contribution >= 4 is 0 Å². The van der Waals surface area contributed by atoms with E-state index < -0.39 is 0 Å². The summed E-state index contributed by atoms with van der Waals surface area (Å²) >= 11 is 0. The van der Waals surface area contributed by atoms with Gasteiger partial charge in [0, 0.05) is 18.7 Å². The first-order valence-electron chi connectivity index (χ1n) is 6.68. The molecule has 1 N–H and O–H groups in total. The van der Waals surface area contributed by atoms with E-state index in [-0.39, 0.29) is 0 Å². The van der Waals surface area contributed by atoms with Crippen molar-refractivity contribution in [3.05, 3.63) is 18.0 Å². The Balaban J connectivity index is 1.71. The lowest BCUT2D eigenvalue weighted by Gasteiger charge is -2.21. The highest BCUT2D eigenvalue weighted by Gasteiger charge is 2.20. The van der Waals surface area contributed by atoms with E-state index in [0.717, 1.165) is 6.54 Å². The molecule has 3 heteroatoms. The molecule has 2 heterocycles. The van der Waals surface area contributed by atoms with Crippen LogP contribution in [0.2, 0.25) is 0 Å². The zero-order chi connectivity index (χ0) is 10.8. The number of nitrogens with one attached hydrogen (secondary N) is 1. The SMILES string of the molecule is c1nn(C2CCCCC2)cc1C1CCNC1. The van der Waals surface area contributed by atoms with E-state index in [4.69, 9.17) is 0 Å². The molecule has 88 valence electrons. The van der Waals surface area contributed by atoms with Crippen LogP contribution in [0.15, 0.2) is 12.4 Å². The summed E-state index contributed by atoms with van der Waals surface area (Å²) in [6.07, 6.45) is 12.5. The van der Waals surface area contributed by atoms with Crippen LogP contribution in [0, 0.1) is 0 Å². The Labute approximate surface area is 97.2 Å². The van der Waals surface area contributed by atoms with Gasteiger partial charge in [0.05, 0.1) is 12.2 Å². The fourth-order valence-corrected chi connectivity index (χ4v) is 3.05. The highest BCUT2D eigenvalue weighted by Crippen LogP contribution is 2.29. The summed E-state index contributed by atoms with van der Waals surface area (Å²) in [5.41, 5.74) is 1.44. The quantitative estimate of drug-likeness (QED) is 0.828. The number of hydrogen-bond donors (Lipinski definition) is 1. The third-order valence-corrected chi connectivity index (χ3v) is 4.10. The Hall–Kier alpha value is -0.830. The monoisotopic (exact) mass is 219 g/mol. The van der Waals surface area contributed by atoms with Crippen molar-refractivity contribution < 1.29 is 0 Å². The van der Waals surface area contributed by atoms with Gasteiger partial charge < -0.3 is 5.32 Å². The normalized spacial score (nSPS) is 27.4. The van der Waals surface area contributed by atoms with Crippen molar-refractivity contribution in [2.24, 2.45) is 0 Å². The van der Waals surface area contributed by atoms with Crippen molar-refractivity contribution in [2.45, 2.75) is 50.5 Å². The van der Waals surface area contributed by atoms with Gasteiger partial charge in [0.1, 0.15) is 0 Å². The topological polar surface area (TPSA) is 29.9 Å². The van der Waals surface area contributed by atoms with Crippen LogP contribution in [-0.2, 0) is 0 Å². The Morgan fingerprint density at radius 3 is 2.81 bits per heavy atom. The average molecular weight is 219 g/mol. The van der Waals surface area contributed by atoms with Crippen molar-refractivity contribution in [1.82, 2.24) is 15.1 Å². The second-order valence-corrected chi connectivity index (χ2v) is 5.24. The predicted molar refractivity (Wildman–Crippen MR) is 64.6 cm³/mol. The van der Waals surface area contributed by atoms with Gasteiger partial charge >= 0.3 is 0 Å². The standard InChI is InChI=1S/C13H21N3/c1-2-4-13(5-3-1)16-10-12(9-15-16)11-6-7-14-8-11/h9-11,13-14H,1-8H2. The lowest BCUT2D eigenvalue weighted by atomic mass is 9.95. The second kappa shape index (κ2) is 4.58. The maximum atomic E-state index is 4.57. The van der Waals surface area contributed by atoms with Gasteiger partial charge in [-0.2, -0.15) is 5.10 Å². The van der Waals surface area contributed by atoms with E-state index >= 15 is 0 Å². The molecule has 3 rings (SSSR count). The molecule has 0 bridgehead atoms. The fourth-order valence-electron chi connectivity index (χ4n) is 3.05. The third kappa shape index (κ3) is 2.01. The van der Waals surface area contributed by atoms with Gasteiger partial charge in [-0.25, -0.2) is 0 Å². The van der Waals surface area contributed by atoms with Crippen molar-refractivity contribution in [3.8, 4) is 0 Å². The second-order valence-electron chi connectivity index (χ2n) is 5.24. The van der Waals surface area contributed by atoms with Gasteiger partial charge in [-0.05, 0) is 31.4 Å². The molecule has 1 aliphatic carbocycles. The molecule has 0 radical (unpaired) electrons. The summed E-state index contributed by atoms with van der Waals surface area (Å²) in [6.45, 7) is 2.30.